The average Bonchev–Trinajstić information content (AvgIpc) is 2.19. The van der Waals surface area contributed by atoms with Crippen LogP contribution in [0.25, 0.3) is 0 Å². The number of hydrogen-bond donors (Lipinski definition) is 2. The first kappa shape index (κ1) is 12.2. The third kappa shape index (κ3) is 4.01. The highest BCUT2D eigenvalue weighted by molar-refractivity contribution is 7.99. The summed E-state index contributed by atoms with van der Waals surface area (Å²) >= 11 is 7.31. The number of carbonyl (C=O) groups is 1. The van der Waals surface area contributed by atoms with Gasteiger partial charge in [0.2, 0.25) is 5.91 Å². The zero-order valence-electron chi connectivity index (χ0n) is 8.42. The molecule has 0 spiro atoms. The van der Waals surface area contributed by atoms with Crippen LogP contribution in [0.15, 0.2) is 18.2 Å². The molecule has 0 aliphatic carbocycles. The highest BCUT2D eigenvalue weighted by Crippen LogP contribution is 2.22. The van der Waals surface area contributed by atoms with Crippen molar-refractivity contribution in [3.8, 4) is 0 Å². The molecule has 1 aromatic rings. The minimum Gasteiger partial charge on any atom is -0.397 e. The Balaban J connectivity index is 2.60. The number of benzene rings is 1. The summed E-state index contributed by atoms with van der Waals surface area (Å²) in [5, 5.41) is 3.29. The zero-order valence-corrected chi connectivity index (χ0v) is 9.99. The monoisotopic (exact) mass is 244 g/mol. The van der Waals surface area contributed by atoms with Gasteiger partial charge in [-0.3, -0.25) is 4.79 Å². The molecule has 0 aliphatic rings. The topological polar surface area (TPSA) is 55.1 Å². The summed E-state index contributed by atoms with van der Waals surface area (Å²) < 4.78 is 0. The highest BCUT2D eigenvalue weighted by Gasteiger charge is 2.04. The molecule has 5 heteroatoms. The van der Waals surface area contributed by atoms with Gasteiger partial charge in [0.25, 0.3) is 0 Å². The molecule has 3 nitrogen and oxygen atoms in total. The van der Waals surface area contributed by atoms with Crippen molar-refractivity contribution in [3.05, 3.63) is 23.2 Å². The minimum atomic E-state index is -0.0455. The lowest BCUT2D eigenvalue weighted by Crippen LogP contribution is -2.15. The maximum atomic E-state index is 11.4. The summed E-state index contributed by atoms with van der Waals surface area (Å²) in [5.74, 6) is 1.32. The normalized spacial score (nSPS) is 10.0. The minimum absolute atomic E-state index is 0.0455. The van der Waals surface area contributed by atoms with Crippen molar-refractivity contribution in [2.75, 3.05) is 22.6 Å². The maximum absolute atomic E-state index is 11.4. The van der Waals surface area contributed by atoms with E-state index in [9.17, 15) is 4.79 Å². The largest absolute Gasteiger partial charge is 0.397 e. The lowest BCUT2D eigenvalue weighted by Gasteiger charge is -2.07. The van der Waals surface area contributed by atoms with Crippen LogP contribution in [0.2, 0.25) is 5.02 Å². The lowest BCUT2D eigenvalue weighted by molar-refractivity contribution is -0.113. The molecular formula is C10H13ClN2OS. The Kier molecular flexibility index (Phi) is 4.78. The first-order valence-corrected chi connectivity index (χ1v) is 6.09. The van der Waals surface area contributed by atoms with E-state index < -0.39 is 0 Å². The van der Waals surface area contributed by atoms with Gasteiger partial charge < -0.3 is 11.1 Å². The summed E-state index contributed by atoms with van der Waals surface area (Å²) in [4.78, 5) is 11.4. The number of amides is 1. The van der Waals surface area contributed by atoms with E-state index in [2.05, 4.69) is 5.32 Å². The molecule has 1 aromatic carbocycles. The molecule has 0 unspecified atom stereocenters. The molecule has 1 rings (SSSR count). The van der Waals surface area contributed by atoms with Crippen LogP contribution in [0.3, 0.4) is 0 Å². The molecule has 0 atom stereocenters. The van der Waals surface area contributed by atoms with Crippen LogP contribution >= 0.6 is 23.4 Å². The first-order valence-electron chi connectivity index (χ1n) is 4.56. The zero-order chi connectivity index (χ0) is 11.3. The van der Waals surface area contributed by atoms with Gasteiger partial charge in [0.1, 0.15) is 0 Å². The van der Waals surface area contributed by atoms with Crippen molar-refractivity contribution in [3.63, 3.8) is 0 Å². The third-order valence-corrected chi connectivity index (χ3v) is 2.83. The van der Waals surface area contributed by atoms with Gasteiger partial charge in [-0.05, 0) is 24.0 Å². The average molecular weight is 245 g/mol. The van der Waals surface area contributed by atoms with Crippen LogP contribution < -0.4 is 11.1 Å². The number of thioether (sulfide) groups is 1. The van der Waals surface area contributed by atoms with Gasteiger partial charge >= 0.3 is 0 Å². The van der Waals surface area contributed by atoms with Gasteiger partial charge in [0, 0.05) is 5.02 Å². The first-order chi connectivity index (χ1) is 7.13. The Bertz CT molecular complexity index is 357. The van der Waals surface area contributed by atoms with Crippen LogP contribution in [-0.4, -0.2) is 17.4 Å². The Morgan fingerprint density at radius 1 is 1.60 bits per heavy atom. The summed E-state index contributed by atoms with van der Waals surface area (Å²) in [6, 6.07) is 5.01. The van der Waals surface area contributed by atoms with Gasteiger partial charge in [-0.1, -0.05) is 18.5 Å². The Hall–Kier alpha value is -0.870. The van der Waals surface area contributed by atoms with Crippen molar-refractivity contribution in [1.82, 2.24) is 0 Å². The van der Waals surface area contributed by atoms with Crippen molar-refractivity contribution >= 4 is 40.6 Å². The molecule has 0 radical (unpaired) electrons. The standard InChI is InChI=1S/C10H13ClN2OS/c1-2-15-6-10(14)13-9-4-3-7(11)5-8(9)12/h3-5H,2,6,12H2,1H3,(H,13,14). The van der Waals surface area contributed by atoms with Gasteiger partial charge in [0.05, 0.1) is 17.1 Å². The molecule has 0 saturated carbocycles. The van der Waals surface area contributed by atoms with E-state index in [4.69, 9.17) is 17.3 Å². The van der Waals surface area contributed by atoms with Crippen molar-refractivity contribution < 1.29 is 4.79 Å². The molecule has 0 bridgehead atoms. The number of carbonyl (C=O) groups excluding carboxylic acids is 1. The van der Waals surface area contributed by atoms with Gasteiger partial charge in [-0.15, -0.1) is 0 Å². The van der Waals surface area contributed by atoms with Crippen LogP contribution in [0.4, 0.5) is 11.4 Å². The predicted molar refractivity (Wildman–Crippen MR) is 67.5 cm³/mol. The van der Waals surface area contributed by atoms with E-state index in [1.165, 1.54) is 0 Å². The highest BCUT2D eigenvalue weighted by atomic mass is 35.5. The molecule has 82 valence electrons. The smallest absolute Gasteiger partial charge is 0.234 e. The molecule has 15 heavy (non-hydrogen) atoms. The Labute approximate surface area is 98.4 Å². The summed E-state index contributed by atoms with van der Waals surface area (Å²) in [7, 11) is 0. The van der Waals surface area contributed by atoms with Crippen molar-refractivity contribution in [2.45, 2.75) is 6.92 Å². The fraction of sp³-hybridized carbons (Fsp3) is 0.300. The van der Waals surface area contributed by atoms with Crippen LogP contribution in [0.5, 0.6) is 0 Å². The predicted octanol–water partition coefficient (Wildman–Crippen LogP) is 2.61. The van der Waals surface area contributed by atoms with Crippen LogP contribution in [-0.2, 0) is 4.79 Å². The van der Waals surface area contributed by atoms with Crippen molar-refractivity contribution in [2.24, 2.45) is 0 Å². The number of anilines is 2. The third-order valence-electron chi connectivity index (χ3n) is 1.72. The second kappa shape index (κ2) is 5.88. The number of nitrogens with two attached hydrogens (primary N) is 1. The molecule has 0 aliphatic heterocycles. The maximum Gasteiger partial charge on any atom is 0.234 e. The van der Waals surface area contributed by atoms with Crippen LogP contribution in [0, 0.1) is 0 Å². The number of nitrogens with one attached hydrogen (secondary N) is 1. The molecular weight excluding hydrogens is 232 g/mol. The quantitative estimate of drug-likeness (QED) is 0.801. The summed E-state index contributed by atoms with van der Waals surface area (Å²) in [5.41, 5.74) is 6.79. The van der Waals surface area contributed by atoms with E-state index in [1.807, 2.05) is 6.92 Å². The van der Waals surface area contributed by atoms with E-state index in [-0.39, 0.29) is 5.91 Å². The molecule has 0 saturated heterocycles. The van der Waals surface area contributed by atoms with E-state index in [0.29, 0.717) is 22.2 Å². The van der Waals surface area contributed by atoms with E-state index in [1.54, 1.807) is 30.0 Å². The molecule has 0 aromatic heterocycles. The second-order valence-electron chi connectivity index (χ2n) is 2.92. The Morgan fingerprint density at radius 2 is 2.33 bits per heavy atom. The van der Waals surface area contributed by atoms with Gasteiger partial charge in [-0.2, -0.15) is 11.8 Å². The number of rotatable bonds is 4. The number of hydrogen-bond acceptors (Lipinski definition) is 3. The number of halogens is 1. The molecule has 1 amide bonds. The summed E-state index contributed by atoms with van der Waals surface area (Å²) in [6.07, 6.45) is 0. The van der Waals surface area contributed by atoms with Crippen LogP contribution in [0.1, 0.15) is 6.92 Å². The molecule has 0 fully saturated rings. The molecule has 3 N–H and O–H groups in total. The van der Waals surface area contributed by atoms with Gasteiger partial charge in [-0.25, -0.2) is 0 Å². The number of nitrogen functional groups attached to an aromatic ring is 1. The summed E-state index contributed by atoms with van der Waals surface area (Å²) in [6.45, 7) is 2.01. The van der Waals surface area contributed by atoms with Gasteiger partial charge in [0.15, 0.2) is 0 Å². The van der Waals surface area contributed by atoms with Crippen molar-refractivity contribution in [1.29, 1.82) is 0 Å². The fourth-order valence-electron chi connectivity index (χ4n) is 1.03. The lowest BCUT2D eigenvalue weighted by atomic mass is 10.2. The second-order valence-corrected chi connectivity index (χ2v) is 4.63. The van der Waals surface area contributed by atoms with E-state index >= 15 is 0 Å². The van der Waals surface area contributed by atoms with E-state index in [0.717, 1.165) is 5.75 Å². The SMILES string of the molecule is CCSCC(=O)Nc1ccc(Cl)cc1N. The molecule has 0 heterocycles. The Morgan fingerprint density at radius 3 is 2.93 bits per heavy atom. The fourth-order valence-corrected chi connectivity index (χ4v) is 1.67.